The Bertz CT molecular complexity index is 570. The molecule has 1 fully saturated rings. The van der Waals surface area contributed by atoms with Crippen molar-refractivity contribution in [1.82, 2.24) is 15.3 Å². The van der Waals surface area contributed by atoms with E-state index in [0.717, 1.165) is 55.0 Å². The maximum Gasteiger partial charge on any atom is 0.122 e. The van der Waals surface area contributed by atoms with Gasteiger partial charge in [-0.3, -0.25) is 0 Å². The highest BCUT2D eigenvalue weighted by Gasteiger charge is 2.15. The molecule has 2 heterocycles. The van der Waals surface area contributed by atoms with E-state index >= 15 is 0 Å². The van der Waals surface area contributed by atoms with Crippen LogP contribution in [0.1, 0.15) is 31.2 Å². The highest BCUT2D eigenvalue weighted by Crippen LogP contribution is 2.25. The first-order chi connectivity index (χ1) is 9.26. The second kappa shape index (κ2) is 5.21. The minimum absolute atomic E-state index is 0.340. The van der Waals surface area contributed by atoms with Crippen molar-refractivity contribution in [2.75, 3.05) is 13.1 Å². The maximum absolute atomic E-state index is 6.10. The van der Waals surface area contributed by atoms with Crippen LogP contribution >= 0.6 is 0 Å². The Morgan fingerprint density at radius 2 is 2.11 bits per heavy atom. The topological polar surface area (TPSA) is 49.9 Å². The summed E-state index contributed by atoms with van der Waals surface area (Å²) >= 11 is 0. The molecule has 3 rings (SSSR count). The van der Waals surface area contributed by atoms with Crippen molar-refractivity contribution >= 4 is 11.0 Å². The summed E-state index contributed by atoms with van der Waals surface area (Å²) in [5.74, 6) is 2.00. The van der Waals surface area contributed by atoms with Gasteiger partial charge < -0.3 is 15.0 Å². The van der Waals surface area contributed by atoms with Gasteiger partial charge in [-0.25, -0.2) is 4.98 Å². The third-order valence-electron chi connectivity index (χ3n) is 3.72. The minimum atomic E-state index is 0.340. The number of ether oxygens (including phenoxy) is 1. The molecule has 0 bridgehead atoms. The van der Waals surface area contributed by atoms with E-state index in [-0.39, 0.29) is 0 Å². The molecule has 4 nitrogen and oxygen atoms in total. The van der Waals surface area contributed by atoms with Crippen molar-refractivity contribution in [3.05, 3.63) is 23.5 Å². The standard InChI is InChI=1S/C15H21N3O/c1-3-14-17-13-9-12(8-10(2)15(13)18-14)19-11-4-6-16-7-5-11/h8-9,11,16H,3-7H2,1-2H3,(H,17,18). The van der Waals surface area contributed by atoms with Gasteiger partial charge in [0.25, 0.3) is 0 Å². The molecule has 1 aromatic heterocycles. The second-order valence-electron chi connectivity index (χ2n) is 5.24. The molecule has 0 spiro atoms. The number of aryl methyl sites for hydroxylation is 2. The third-order valence-corrected chi connectivity index (χ3v) is 3.72. The summed E-state index contributed by atoms with van der Waals surface area (Å²) in [5.41, 5.74) is 3.33. The normalized spacial score (nSPS) is 16.9. The van der Waals surface area contributed by atoms with E-state index in [9.17, 15) is 0 Å². The Morgan fingerprint density at radius 1 is 1.32 bits per heavy atom. The summed E-state index contributed by atoms with van der Waals surface area (Å²) in [7, 11) is 0. The number of hydrogen-bond acceptors (Lipinski definition) is 3. The van der Waals surface area contributed by atoms with E-state index < -0.39 is 0 Å². The Morgan fingerprint density at radius 3 is 2.84 bits per heavy atom. The summed E-state index contributed by atoms with van der Waals surface area (Å²) in [5, 5.41) is 3.36. The lowest BCUT2D eigenvalue weighted by atomic mass is 10.1. The maximum atomic E-state index is 6.10. The largest absolute Gasteiger partial charge is 0.490 e. The smallest absolute Gasteiger partial charge is 0.122 e. The number of nitrogens with one attached hydrogen (secondary N) is 2. The Kier molecular flexibility index (Phi) is 3.42. The van der Waals surface area contributed by atoms with Crippen molar-refractivity contribution in [1.29, 1.82) is 0 Å². The minimum Gasteiger partial charge on any atom is -0.490 e. The Labute approximate surface area is 113 Å². The van der Waals surface area contributed by atoms with Gasteiger partial charge in [-0.1, -0.05) is 6.92 Å². The summed E-state index contributed by atoms with van der Waals surface area (Å²) < 4.78 is 6.10. The third kappa shape index (κ3) is 2.59. The molecule has 19 heavy (non-hydrogen) atoms. The fourth-order valence-electron chi connectivity index (χ4n) is 2.65. The number of nitrogens with zero attached hydrogens (tertiary/aromatic N) is 1. The number of benzene rings is 1. The number of hydrogen-bond donors (Lipinski definition) is 2. The van der Waals surface area contributed by atoms with Crippen LogP contribution in [0.5, 0.6) is 5.75 Å². The summed E-state index contributed by atoms with van der Waals surface area (Å²) in [6, 6.07) is 4.18. The van der Waals surface area contributed by atoms with Gasteiger partial charge in [0.2, 0.25) is 0 Å². The van der Waals surface area contributed by atoms with Crippen molar-refractivity contribution in [2.45, 2.75) is 39.2 Å². The van der Waals surface area contributed by atoms with Crippen LogP contribution in [-0.4, -0.2) is 29.2 Å². The van der Waals surface area contributed by atoms with Gasteiger partial charge in [-0.2, -0.15) is 0 Å². The number of piperidine rings is 1. The molecule has 0 radical (unpaired) electrons. The average molecular weight is 259 g/mol. The van der Waals surface area contributed by atoms with Crippen LogP contribution in [-0.2, 0) is 6.42 Å². The molecule has 1 aromatic carbocycles. The van der Waals surface area contributed by atoms with Crippen molar-refractivity contribution in [2.24, 2.45) is 0 Å². The molecule has 4 heteroatoms. The molecular formula is C15H21N3O. The van der Waals surface area contributed by atoms with Gasteiger partial charge in [0, 0.05) is 12.5 Å². The number of rotatable bonds is 3. The van der Waals surface area contributed by atoms with Gasteiger partial charge >= 0.3 is 0 Å². The lowest BCUT2D eigenvalue weighted by molar-refractivity contribution is 0.162. The van der Waals surface area contributed by atoms with Crippen LogP contribution < -0.4 is 10.1 Å². The van der Waals surface area contributed by atoms with E-state index in [1.807, 2.05) is 0 Å². The monoisotopic (exact) mass is 259 g/mol. The zero-order chi connectivity index (χ0) is 13.2. The molecule has 0 amide bonds. The molecule has 0 unspecified atom stereocenters. The first kappa shape index (κ1) is 12.5. The summed E-state index contributed by atoms with van der Waals surface area (Å²) in [6.45, 7) is 6.31. The first-order valence-electron chi connectivity index (χ1n) is 7.13. The molecule has 102 valence electrons. The number of fused-ring (bicyclic) bond motifs is 1. The van der Waals surface area contributed by atoms with Crippen LogP contribution in [0.3, 0.4) is 0 Å². The highest BCUT2D eigenvalue weighted by atomic mass is 16.5. The molecule has 0 aliphatic carbocycles. The lowest BCUT2D eigenvalue weighted by Gasteiger charge is -2.24. The summed E-state index contributed by atoms with van der Waals surface area (Å²) in [4.78, 5) is 7.96. The zero-order valence-electron chi connectivity index (χ0n) is 11.6. The molecule has 1 aliphatic heterocycles. The van der Waals surface area contributed by atoms with Crippen LogP contribution in [0.15, 0.2) is 12.1 Å². The predicted molar refractivity (Wildman–Crippen MR) is 76.7 cm³/mol. The lowest BCUT2D eigenvalue weighted by Crippen LogP contribution is -2.34. The fourth-order valence-corrected chi connectivity index (χ4v) is 2.65. The first-order valence-corrected chi connectivity index (χ1v) is 7.13. The number of H-pyrrole nitrogens is 1. The van der Waals surface area contributed by atoms with E-state index in [1.165, 1.54) is 5.56 Å². The highest BCUT2D eigenvalue weighted by molar-refractivity contribution is 5.80. The molecular weight excluding hydrogens is 238 g/mol. The Hall–Kier alpha value is -1.55. The van der Waals surface area contributed by atoms with Gasteiger partial charge in [0.05, 0.1) is 11.0 Å². The number of aromatic amines is 1. The van der Waals surface area contributed by atoms with Crippen molar-refractivity contribution in [3.8, 4) is 5.75 Å². The van der Waals surface area contributed by atoms with Crippen LogP contribution in [0.2, 0.25) is 0 Å². The van der Waals surface area contributed by atoms with Crippen LogP contribution in [0, 0.1) is 6.92 Å². The van der Waals surface area contributed by atoms with Crippen molar-refractivity contribution in [3.63, 3.8) is 0 Å². The molecule has 1 saturated heterocycles. The molecule has 2 aromatic rings. The predicted octanol–water partition coefficient (Wildman–Crippen LogP) is 2.56. The van der Waals surface area contributed by atoms with Gasteiger partial charge in [0.15, 0.2) is 0 Å². The SMILES string of the molecule is CCc1nc2c(C)cc(OC3CCNCC3)cc2[nH]1. The quantitative estimate of drug-likeness (QED) is 0.890. The van der Waals surface area contributed by atoms with E-state index in [1.54, 1.807) is 0 Å². The van der Waals surface area contributed by atoms with Crippen molar-refractivity contribution < 1.29 is 4.74 Å². The van der Waals surface area contributed by atoms with E-state index in [0.29, 0.717) is 6.10 Å². The molecule has 1 aliphatic rings. The van der Waals surface area contributed by atoms with Crippen LogP contribution in [0.25, 0.3) is 11.0 Å². The van der Waals surface area contributed by atoms with Gasteiger partial charge in [0.1, 0.15) is 17.7 Å². The second-order valence-corrected chi connectivity index (χ2v) is 5.24. The van der Waals surface area contributed by atoms with Crippen LogP contribution in [0.4, 0.5) is 0 Å². The number of aromatic nitrogens is 2. The van der Waals surface area contributed by atoms with E-state index in [2.05, 4.69) is 41.3 Å². The molecule has 0 atom stereocenters. The Balaban J connectivity index is 1.87. The number of imidazole rings is 1. The van der Waals surface area contributed by atoms with Gasteiger partial charge in [-0.05, 0) is 44.5 Å². The fraction of sp³-hybridized carbons (Fsp3) is 0.533. The average Bonchev–Trinajstić information content (AvgIpc) is 2.83. The van der Waals surface area contributed by atoms with E-state index in [4.69, 9.17) is 4.74 Å². The van der Waals surface area contributed by atoms with Gasteiger partial charge in [-0.15, -0.1) is 0 Å². The summed E-state index contributed by atoms with van der Waals surface area (Å²) in [6.07, 6.45) is 3.44. The zero-order valence-corrected chi connectivity index (χ0v) is 11.6. The molecule has 0 saturated carbocycles. The molecule has 2 N–H and O–H groups in total.